The molecule has 7 heteroatoms. The maximum absolute atomic E-state index is 12.0. The van der Waals surface area contributed by atoms with Crippen LogP contribution in [0.4, 0.5) is 13.2 Å². The van der Waals surface area contributed by atoms with Gasteiger partial charge < -0.3 is 0 Å². The third kappa shape index (κ3) is 4.69. The lowest BCUT2D eigenvalue weighted by molar-refractivity contribution is -0.0581. The molecule has 0 aliphatic heterocycles. The van der Waals surface area contributed by atoms with Gasteiger partial charge in [0.15, 0.2) is 0 Å². The molecule has 0 aromatic rings. The summed E-state index contributed by atoms with van der Waals surface area (Å²) < 4.78 is 61.8. The molecule has 0 fully saturated rings. The molecule has 0 bridgehead atoms. The molecule has 0 N–H and O–H groups in total. The van der Waals surface area contributed by atoms with E-state index in [9.17, 15) is 21.6 Å². The highest BCUT2D eigenvalue weighted by atomic mass is 32.2. The van der Waals surface area contributed by atoms with Crippen LogP contribution in [0, 0.1) is 5.92 Å². The van der Waals surface area contributed by atoms with Gasteiger partial charge in [0, 0.05) is 0 Å². The fraction of sp³-hybridized carbons (Fsp3) is 1.00. The Balaban J connectivity index is 4.56. The number of rotatable bonds is 6. The van der Waals surface area contributed by atoms with Gasteiger partial charge in [0.2, 0.25) is 0 Å². The Kier molecular flexibility index (Phi) is 5.75. The van der Waals surface area contributed by atoms with E-state index >= 15 is 0 Å². The summed E-state index contributed by atoms with van der Waals surface area (Å²) in [5.41, 5.74) is -5.34. The first-order valence-corrected chi connectivity index (χ1v) is 6.54. The first-order valence-electron chi connectivity index (χ1n) is 5.13. The lowest BCUT2D eigenvalue weighted by atomic mass is 10.00. The van der Waals surface area contributed by atoms with E-state index < -0.39 is 21.7 Å². The summed E-state index contributed by atoms with van der Waals surface area (Å²) in [6.45, 7) is 5.32. The van der Waals surface area contributed by atoms with Crippen LogP contribution in [0.5, 0.6) is 0 Å². The molecule has 0 radical (unpaired) electrons. The second-order valence-electron chi connectivity index (χ2n) is 3.78. The largest absolute Gasteiger partial charge is 0.523 e. The minimum Gasteiger partial charge on any atom is -0.260 e. The lowest BCUT2D eigenvalue weighted by Crippen LogP contribution is -2.30. The quantitative estimate of drug-likeness (QED) is 0.546. The van der Waals surface area contributed by atoms with Gasteiger partial charge in [0.05, 0.1) is 6.10 Å². The fourth-order valence-corrected chi connectivity index (χ4v) is 1.81. The molecule has 0 aromatic carbocycles. The molecule has 0 aliphatic rings. The van der Waals surface area contributed by atoms with Crippen LogP contribution in [-0.2, 0) is 14.3 Å². The van der Waals surface area contributed by atoms with Crippen molar-refractivity contribution in [1.82, 2.24) is 0 Å². The summed E-state index contributed by atoms with van der Waals surface area (Å²) in [6.07, 6.45) is 0.412. The van der Waals surface area contributed by atoms with Crippen LogP contribution in [0.1, 0.15) is 40.0 Å². The summed E-state index contributed by atoms with van der Waals surface area (Å²) >= 11 is 0. The van der Waals surface area contributed by atoms with E-state index in [1.807, 2.05) is 13.8 Å². The van der Waals surface area contributed by atoms with Crippen molar-refractivity contribution in [3.8, 4) is 0 Å². The molecule has 0 rings (SSSR count). The van der Waals surface area contributed by atoms with Gasteiger partial charge in [-0.05, 0) is 18.8 Å². The summed E-state index contributed by atoms with van der Waals surface area (Å²) in [5, 5.41) is 0. The first-order chi connectivity index (χ1) is 7.14. The number of alkyl halides is 3. The summed E-state index contributed by atoms with van der Waals surface area (Å²) in [7, 11) is -5.46. The monoisotopic (exact) mass is 262 g/mol. The van der Waals surface area contributed by atoms with E-state index in [4.69, 9.17) is 0 Å². The highest BCUT2D eigenvalue weighted by molar-refractivity contribution is 7.87. The summed E-state index contributed by atoms with van der Waals surface area (Å²) in [5.74, 6) is 0.133. The van der Waals surface area contributed by atoms with Crippen LogP contribution >= 0.6 is 0 Å². The second-order valence-corrected chi connectivity index (χ2v) is 5.34. The molecule has 0 aromatic heterocycles. The molecule has 2 atom stereocenters. The molecule has 0 aliphatic carbocycles. The standard InChI is InChI=1S/C9H17F3O3S/c1-4-7(3)6-8(5-2)15-16(13,14)9(10,11)12/h7-8H,4-6H2,1-3H3. The van der Waals surface area contributed by atoms with Crippen molar-refractivity contribution in [2.75, 3.05) is 0 Å². The first kappa shape index (κ1) is 15.7. The van der Waals surface area contributed by atoms with Gasteiger partial charge in [-0.1, -0.05) is 27.2 Å². The highest BCUT2D eigenvalue weighted by Crippen LogP contribution is 2.28. The van der Waals surface area contributed by atoms with Gasteiger partial charge in [0.25, 0.3) is 0 Å². The Labute approximate surface area is 94.1 Å². The van der Waals surface area contributed by atoms with Crippen LogP contribution in [0.25, 0.3) is 0 Å². The van der Waals surface area contributed by atoms with Gasteiger partial charge in [-0.15, -0.1) is 0 Å². The smallest absolute Gasteiger partial charge is 0.260 e. The SMILES string of the molecule is CCC(C)CC(CC)OS(=O)(=O)C(F)(F)F. The molecule has 0 amide bonds. The second kappa shape index (κ2) is 5.86. The van der Waals surface area contributed by atoms with Crippen molar-refractivity contribution >= 4 is 10.1 Å². The van der Waals surface area contributed by atoms with Crippen molar-refractivity contribution in [1.29, 1.82) is 0 Å². The third-order valence-electron chi connectivity index (χ3n) is 2.36. The van der Waals surface area contributed by atoms with E-state index in [-0.39, 0.29) is 12.3 Å². The van der Waals surface area contributed by atoms with Crippen LogP contribution in [0.3, 0.4) is 0 Å². The minimum atomic E-state index is -5.46. The maximum atomic E-state index is 12.0. The molecule has 0 saturated heterocycles. The molecular weight excluding hydrogens is 245 g/mol. The topological polar surface area (TPSA) is 43.4 Å². The Morgan fingerprint density at radius 2 is 1.69 bits per heavy atom. The van der Waals surface area contributed by atoms with E-state index in [2.05, 4.69) is 4.18 Å². The molecular formula is C9H17F3O3S. The zero-order valence-corrected chi connectivity index (χ0v) is 10.4. The van der Waals surface area contributed by atoms with E-state index in [0.29, 0.717) is 6.42 Å². The van der Waals surface area contributed by atoms with Crippen LogP contribution in [0.2, 0.25) is 0 Å². The normalized spacial score (nSPS) is 17.1. The molecule has 2 unspecified atom stereocenters. The Morgan fingerprint density at radius 3 is 2.00 bits per heavy atom. The molecule has 0 heterocycles. The number of halogens is 3. The molecule has 0 spiro atoms. The average Bonchev–Trinajstić information content (AvgIpc) is 2.14. The van der Waals surface area contributed by atoms with E-state index in [1.54, 1.807) is 6.92 Å². The van der Waals surface area contributed by atoms with Gasteiger partial charge in [-0.2, -0.15) is 21.6 Å². The fourth-order valence-electron chi connectivity index (χ4n) is 1.12. The van der Waals surface area contributed by atoms with Gasteiger partial charge >= 0.3 is 15.6 Å². The van der Waals surface area contributed by atoms with Gasteiger partial charge in [-0.3, -0.25) is 4.18 Å². The zero-order valence-electron chi connectivity index (χ0n) is 9.54. The number of hydrogen-bond donors (Lipinski definition) is 0. The molecule has 3 nitrogen and oxygen atoms in total. The Morgan fingerprint density at radius 1 is 1.19 bits per heavy atom. The summed E-state index contributed by atoms with van der Waals surface area (Å²) in [6, 6.07) is 0. The van der Waals surface area contributed by atoms with Crippen LogP contribution in [0.15, 0.2) is 0 Å². The van der Waals surface area contributed by atoms with Crippen molar-refractivity contribution in [2.45, 2.75) is 51.6 Å². The van der Waals surface area contributed by atoms with Crippen molar-refractivity contribution in [3.05, 3.63) is 0 Å². The molecule has 0 saturated carbocycles. The van der Waals surface area contributed by atoms with E-state index in [0.717, 1.165) is 6.42 Å². The van der Waals surface area contributed by atoms with Crippen molar-refractivity contribution in [3.63, 3.8) is 0 Å². The predicted octanol–water partition coefficient (Wildman–Crippen LogP) is 3.07. The summed E-state index contributed by atoms with van der Waals surface area (Å²) in [4.78, 5) is 0. The third-order valence-corrected chi connectivity index (χ3v) is 3.46. The molecule has 16 heavy (non-hydrogen) atoms. The Bertz CT molecular complexity index is 298. The lowest BCUT2D eigenvalue weighted by Gasteiger charge is -2.19. The highest BCUT2D eigenvalue weighted by Gasteiger charge is 2.48. The maximum Gasteiger partial charge on any atom is 0.523 e. The van der Waals surface area contributed by atoms with Crippen molar-refractivity contribution < 1.29 is 25.8 Å². The number of hydrogen-bond acceptors (Lipinski definition) is 3. The minimum absolute atomic E-state index is 0.133. The van der Waals surface area contributed by atoms with Crippen LogP contribution in [-0.4, -0.2) is 20.0 Å². The van der Waals surface area contributed by atoms with Gasteiger partial charge in [0.1, 0.15) is 0 Å². The average molecular weight is 262 g/mol. The zero-order chi connectivity index (χ0) is 13.0. The Hall–Kier alpha value is -0.300. The van der Waals surface area contributed by atoms with Crippen LogP contribution < -0.4 is 0 Å². The molecule has 98 valence electrons. The van der Waals surface area contributed by atoms with Gasteiger partial charge in [-0.25, -0.2) is 0 Å². The van der Waals surface area contributed by atoms with Crippen molar-refractivity contribution in [2.24, 2.45) is 5.92 Å². The predicted molar refractivity (Wildman–Crippen MR) is 54.2 cm³/mol. The van der Waals surface area contributed by atoms with E-state index in [1.165, 1.54) is 0 Å².